The minimum Gasteiger partial charge on any atom is -0.361 e. The summed E-state index contributed by atoms with van der Waals surface area (Å²) in [5.41, 5.74) is 4.85. The molecule has 3 N–H and O–H groups in total. The highest BCUT2D eigenvalue weighted by atomic mass is 16.2. The van der Waals surface area contributed by atoms with Crippen LogP contribution in [0.4, 0.5) is 0 Å². The Morgan fingerprint density at radius 1 is 0.682 bits per heavy atom. The zero-order chi connectivity index (χ0) is 16.5. The zero-order valence-corrected chi connectivity index (χ0v) is 14.5. The van der Waals surface area contributed by atoms with Crippen LogP contribution in [0.5, 0.6) is 0 Å². The molecule has 0 fully saturated rings. The fraction of sp³-hybridized carbons (Fsp3) is 0.889. The summed E-state index contributed by atoms with van der Waals surface area (Å²) >= 11 is 0. The molecule has 0 aromatic rings. The van der Waals surface area contributed by atoms with Gasteiger partial charge in [-0.1, -0.05) is 90.4 Å². The molecule has 0 atom stereocenters. The van der Waals surface area contributed by atoms with Gasteiger partial charge in [0.2, 0.25) is 0 Å². The Bertz CT molecular complexity index is 280. The minimum atomic E-state index is -0.898. The number of rotatable bonds is 15. The van der Waals surface area contributed by atoms with Gasteiger partial charge in [0.1, 0.15) is 0 Å². The Hall–Kier alpha value is -1.06. The van der Waals surface area contributed by atoms with Crippen molar-refractivity contribution in [2.24, 2.45) is 5.73 Å². The van der Waals surface area contributed by atoms with Crippen LogP contribution in [0.15, 0.2) is 0 Å². The van der Waals surface area contributed by atoms with Crippen molar-refractivity contribution >= 4 is 11.8 Å². The first-order chi connectivity index (χ1) is 10.7. The lowest BCUT2D eigenvalue weighted by Crippen LogP contribution is -2.36. The molecule has 0 aliphatic carbocycles. The molecule has 22 heavy (non-hydrogen) atoms. The van der Waals surface area contributed by atoms with Crippen molar-refractivity contribution in [1.29, 1.82) is 0 Å². The fourth-order valence-electron chi connectivity index (χ4n) is 2.61. The lowest BCUT2D eigenvalue weighted by molar-refractivity contribution is -0.137. The molecule has 0 aliphatic rings. The molecule has 0 rings (SSSR count). The van der Waals surface area contributed by atoms with Gasteiger partial charge in [-0.15, -0.1) is 0 Å². The molecule has 2 amide bonds. The van der Waals surface area contributed by atoms with E-state index in [1.54, 1.807) is 0 Å². The van der Waals surface area contributed by atoms with Crippen molar-refractivity contribution in [3.8, 4) is 0 Å². The molecule has 0 bridgehead atoms. The van der Waals surface area contributed by atoms with E-state index >= 15 is 0 Å². The second-order valence-corrected chi connectivity index (χ2v) is 6.22. The number of amides is 2. The lowest BCUT2D eigenvalue weighted by Gasteiger charge is -2.04. The third kappa shape index (κ3) is 15.3. The van der Waals surface area contributed by atoms with Gasteiger partial charge >= 0.3 is 11.8 Å². The number of carbonyl (C=O) groups is 2. The van der Waals surface area contributed by atoms with Crippen LogP contribution in [-0.4, -0.2) is 18.4 Å². The van der Waals surface area contributed by atoms with E-state index in [1.807, 2.05) is 0 Å². The molecule has 0 aromatic carbocycles. The molecule has 0 radical (unpaired) electrons. The van der Waals surface area contributed by atoms with Gasteiger partial charge in [-0.25, -0.2) is 0 Å². The number of nitrogens with one attached hydrogen (secondary N) is 1. The van der Waals surface area contributed by atoms with E-state index in [4.69, 9.17) is 5.73 Å². The van der Waals surface area contributed by atoms with E-state index in [1.165, 1.54) is 77.0 Å². The summed E-state index contributed by atoms with van der Waals surface area (Å²) in [7, 11) is 0. The van der Waals surface area contributed by atoms with Gasteiger partial charge in [0, 0.05) is 6.54 Å². The number of nitrogens with two attached hydrogens (primary N) is 1. The third-order valence-corrected chi connectivity index (χ3v) is 4.04. The van der Waals surface area contributed by atoms with E-state index in [-0.39, 0.29) is 0 Å². The summed E-state index contributed by atoms with van der Waals surface area (Å²) in [6.07, 6.45) is 18.3. The van der Waals surface area contributed by atoms with Crippen LogP contribution in [0.25, 0.3) is 0 Å². The Morgan fingerprint density at radius 2 is 1.05 bits per heavy atom. The summed E-state index contributed by atoms with van der Waals surface area (Å²) in [6, 6.07) is 0. The molecule has 0 saturated heterocycles. The van der Waals surface area contributed by atoms with Gasteiger partial charge in [0.15, 0.2) is 0 Å². The Labute approximate surface area is 136 Å². The highest BCUT2D eigenvalue weighted by Gasteiger charge is 2.05. The minimum absolute atomic E-state index is 0.555. The van der Waals surface area contributed by atoms with Crippen molar-refractivity contribution in [3.63, 3.8) is 0 Å². The molecule has 0 heterocycles. The Morgan fingerprint density at radius 3 is 1.41 bits per heavy atom. The molecule has 130 valence electrons. The predicted molar refractivity (Wildman–Crippen MR) is 92.5 cm³/mol. The van der Waals surface area contributed by atoms with E-state index in [9.17, 15) is 9.59 Å². The highest BCUT2D eigenvalue weighted by Crippen LogP contribution is 2.12. The molecule has 0 spiro atoms. The largest absolute Gasteiger partial charge is 0.361 e. The summed E-state index contributed by atoms with van der Waals surface area (Å²) in [6.45, 7) is 2.82. The molecular formula is C18H36N2O2. The second-order valence-electron chi connectivity index (χ2n) is 6.22. The maximum atomic E-state index is 10.9. The predicted octanol–water partition coefficient (Wildman–Crippen LogP) is 4.07. The smallest absolute Gasteiger partial charge is 0.309 e. The standard InChI is InChI=1S/C18H36N2O2/c1-2-3-4-5-6-7-8-9-10-11-12-13-14-15-16-20-18(22)17(19)21/h2-16H2,1H3,(H2,19,21)(H,20,22). The molecule has 4 nitrogen and oxygen atoms in total. The van der Waals surface area contributed by atoms with Crippen molar-refractivity contribution in [3.05, 3.63) is 0 Å². The van der Waals surface area contributed by atoms with Gasteiger partial charge in [-0.3, -0.25) is 9.59 Å². The molecule has 0 aliphatic heterocycles. The van der Waals surface area contributed by atoms with Crippen LogP contribution >= 0.6 is 0 Å². The summed E-state index contributed by atoms with van der Waals surface area (Å²) in [5, 5.41) is 2.51. The summed E-state index contributed by atoms with van der Waals surface area (Å²) in [4.78, 5) is 21.4. The number of carbonyl (C=O) groups excluding carboxylic acids is 2. The van der Waals surface area contributed by atoms with Gasteiger partial charge in [0.25, 0.3) is 0 Å². The molecule has 0 saturated carbocycles. The fourth-order valence-corrected chi connectivity index (χ4v) is 2.61. The maximum Gasteiger partial charge on any atom is 0.309 e. The summed E-state index contributed by atoms with van der Waals surface area (Å²) < 4.78 is 0. The van der Waals surface area contributed by atoms with Gasteiger partial charge < -0.3 is 11.1 Å². The van der Waals surface area contributed by atoms with Crippen LogP contribution in [0.2, 0.25) is 0 Å². The van der Waals surface area contributed by atoms with Crippen molar-refractivity contribution < 1.29 is 9.59 Å². The van der Waals surface area contributed by atoms with Gasteiger partial charge in [-0.2, -0.15) is 0 Å². The average Bonchev–Trinajstić information content (AvgIpc) is 2.50. The number of primary amides is 1. The SMILES string of the molecule is CCCCCCCCCCCCCCCCNC(=O)C(N)=O. The monoisotopic (exact) mass is 312 g/mol. The van der Waals surface area contributed by atoms with Crippen LogP contribution in [0, 0.1) is 0 Å². The molecule has 0 aromatic heterocycles. The van der Waals surface area contributed by atoms with E-state index in [0.29, 0.717) is 6.54 Å². The van der Waals surface area contributed by atoms with Crippen LogP contribution in [0.3, 0.4) is 0 Å². The first kappa shape index (κ1) is 20.9. The van der Waals surface area contributed by atoms with Gasteiger partial charge in [0.05, 0.1) is 0 Å². The van der Waals surface area contributed by atoms with Crippen molar-refractivity contribution in [2.45, 2.75) is 96.8 Å². The molecular weight excluding hydrogens is 276 g/mol. The number of hydrogen-bond acceptors (Lipinski definition) is 2. The third-order valence-electron chi connectivity index (χ3n) is 4.04. The first-order valence-corrected chi connectivity index (χ1v) is 9.26. The Balaban J connectivity index is 3.05. The zero-order valence-electron chi connectivity index (χ0n) is 14.5. The van der Waals surface area contributed by atoms with Crippen molar-refractivity contribution in [2.75, 3.05) is 6.54 Å². The first-order valence-electron chi connectivity index (χ1n) is 9.26. The second kappa shape index (κ2) is 16.3. The molecule has 4 heteroatoms. The maximum absolute atomic E-state index is 10.9. The highest BCUT2D eigenvalue weighted by molar-refractivity contribution is 6.34. The lowest BCUT2D eigenvalue weighted by atomic mass is 10.0. The van der Waals surface area contributed by atoms with Crippen LogP contribution < -0.4 is 11.1 Å². The van der Waals surface area contributed by atoms with E-state index in [2.05, 4.69) is 12.2 Å². The van der Waals surface area contributed by atoms with Gasteiger partial charge in [-0.05, 0) is 6.42 Å². The average molecular weight is 312 g/mol. The topological polar surface area (TPSA) is 72.2 Å². The van der Waals surface area contributed by atoms with E-state index in [0.717, 1.165) is 12.8 Å². The van der Waals surface area contributed by atoms with Crippen molar-refractivity contribution in [1.82, 2.24) is 5.32 Å². The quantitative estimate of drug-likeness (QED) is 0.353. The molecule has 0 unspecified atom stereocenters. The van der Waals surface area contributed by atoms with Crippen LogP contribution in [-0.2, 0) is 9.59 Å². The number of hydrogen-bond donors (Lipinski definition) is 2. The normalized spacial score (nSPS) is 10.6. The van der Waals surface area contributed by atoms with Crippen LogP contribution in [0.1, 0.15) is 96.8 Å². The number of unbranched alkanes of at least 4 members (excludes halogenated alkanes) is 13. The summed E-state index contributed by atoms with van der Waals surface area (Å²) in [5.74, 6) is -1.57. The van der Waals surface area contributed by atoms with E-state index < -0.39 is 11.8 Å². The Kier molecular flexibility index (Phi) is 15.5.